The highest BCUT2D eigenvalue weighted by Gasteiger charge is 2.29. The second-order valence-corrected chi connectivity index (χ2v) is 7.54. The third kappa shape index (κ3) is 4.58. The van der Waals surface area contributed by atoms with Crippen LogP contribution in [0.25, 0.3) is 11.4 Å². The zero-order valence-electron chi connectivity index (χ0n) is 18.1. The summed E-state index contributed by atoms with van der Waals surface area (Å²) in [6, 6.07) is 5.96. The molecule has 1 atom stereocenters. The number of ether oxygens (including phenoxy) is 1. The molecule has 1 aromatic carbocycles. The number of methoxy groups -OCH3 is 1. The Labute approximate surface area is 194 Å². The van der Waals surface area contributed by atoms with Gasteiger partial charge in [-0.1, -0.05) is 12.2 Å². The van der Waals surface area contributed by atoms with Gasteiger partial charge < -0.3 is 4.74 Å². The van der Waals surface area contributed by atoms with Crippen LogP contribution < -0.4 is 10.2 Å². The van der Waals surface area contributed by atoms with Gasteiger partial charge in [0.2, 0.25) is 5.43 Å². The van der Waals surface area contributed by atoms with E-state index in [-0.39, 0.29) is 22.6 Å². The van der Waals surface area contributed by atoms with Crippen molar-refractivity contribution in [2.45, 2.75) is 19.4 Å². The van der Waals surface area contributed by atoms with E-state index in [9.17, 15) is 4.79 Å². The third-order valence-corrected chi connectivity index (χ3v) is 5.33. The minimum Gasteiger partial charge on any atom is -0.491 e. The minimum atomic E-state index is -0.519. The number of hydrogen-bond donors (Lipinski definition) is 0. The summed E-state index contributed by atoms with van der Waals surface area (Å²) in [6.45, 7) is 1.88. The first kappa shape index (κ1) is 22.5. The molecule has 0 bridgehead atoms. The van der Waals surface area contributed by atoms with Gasteiger partial charge in [0.25, 0.3) is 0 Å². The number of nitrogens with zero attached hydrogens (tertiary/aromatic N) is 6. The molecule has 0 aliphatic carbocycles. The van der Waals surface area contributed by atoms with Crippen LogP contribution in [0.1, 0.15) is 25.1 Å². The summed E-state index contributed by atoms with van der Waals surface area (Å²) in [6.07, 6.45) is 12.4. The first-order chi connectivity index (χ1) is 16.0. The summed E-state index contributed by atoms with van der Waals surface area (Å²) in [7, 11) is 1.40. The highest BCUT2D eigenvalue weighted by molar-refractivity contribution is 6.18. The standard InChI is InChI=1S/C23H22ClFN6O2/c1-16(6-3-4-10-24)31-20(9-12-27-31)22-23(32)21(33-2)15-30(28-22)19-8-7-17(14-18(19)25)29-13-5-11-26-29/h3-8,11-15,20H,9-10H2,1-2H3. The summed E-state index contributed by atoms with van der Waals surface area (Å²) < 4.78 is 23.2. The van der Waals surface area contributed by atoms with E-state index in [0.29, 0.717) is 18.0 Å². The van der Waals surface area contributed by atoms with Crippen LogP contribution in [0.2, 0.25) is 0 Å². The molecule has 8 nitrogen and oxygen atoms in total. The molecule has 170 valence electrons. The average Bonchev–Trinajstić information content (AvgIpc) is 3.52. The van der Waals surface area contributed by atoms with Gasteiger partial charge in [-0.25, -0.2) is 13.8 Å². The van der Waals surface area contributed by atoms with E-state index in [4.69, 9.17) is 16.3 Å². The summed E-state index contributed by atoms with van der Waals surface area (Å²) >= 11 is 5.69. The van der Waals surface area contributed by atoms with Crippen LogP contribution in [0.4, 0.5) is 4.39 Å². The van der Waals surface area contributed by atoms with Gasteiger partial charge in [-0.05, 0) is 31.2 Å². The Morgan fingerprint density at radius 1 is 1.36 bits per heavy atom. The molecule has 2 aromatic heterocycles. The molecular weight excluding hydrogens is 447 g/mol. The van der Waals surface area contributed by atoms with Gasteiger partial charge in [-0.15, -0.1) is 11.6 Å². The Bertz CT molecular complexity index is 1280. The number of hydrazone groups is 1. The average molecular weight is 469 g/mol. The van der Waals surface area contributed by atoms with E-state index in [1.54, 1.807) is 52.6 Å². The molecule has 0 saturated carbocycles. The number of rotatable bonds is 7. The summed E-state index contributed by atoms with van der Waals surface area (Å²) in [4.78, 5) is 13.1. The lowest BCUT2D eigenvalue weighted by molar-refractivity contribution is 0.288. The van der Waals surface area contributed by atoms with Crippen molar-refractivity contribution in [3.05, 3.63) is 88.5 Å². The molecule has 10 heteroatoms. The molecule has 0 saturated heterocycles. The number of allylic oxidation sites excluding steroid dienone is 4. The van der Waals surface area contributed by atoms with Gasteiger partial charge in [0, 0.05) is 42.7 Å². The number of aromatic nitrogens is 4. The highest BCUT2D eigenvalue weighted by Crippen LogP contribution is 2.30. The van der Waals surface area contributed by atoms with Crippen molar-refractivity contribution in [2.24, 2.45) is 5.10 Å². The first-order valence-corrected chi connectivity index (χ1v) is 10.8. The molecule has 1 aliphatic rings. The fourth-order valence-electron chi connectivity index (χ4n) is 3.53. The monoisotopic (exact) mass is 468 g/mol. The molecule has 1 unspecified atom stereocenters. The number of hydrogen-bond acceptors (Lipinski definition) is 6. The van der Waals surface area contributed by atoms with Gasteiger partial charge in [-0.3, -0.25) is 9.80 Å². The molecule has 0 radical (unpaired) electrons. The molecule has 33 heavy (non-hydrogen) atoms. The fourth-order valence-corrected chi connectivity index (χ4v) is 3.64. The molecule has 3 aromatic rings. The van der Waals surface area contributed by atoms with Crippen molar-refractivity contribution in [1.29, 1.82) is 0 Å². The SMILES string of the molecule is COc1cn(-c2ccc(-n3cccn3)cc2F)nc(C2CC=NN2C(C)=CC=CCCl)c1=O. The van der Waals surface area contributed by atoms with Crippen molar-refractivity contribution < 1.29 is 9.13 Å². The topological polar surface area (TPSA) is 77.5 Å². The quantitative estimate of drug-likeness (QED) is 0.387. The van der Waals surface area contributed by atoms with Gasteiger partial charge in [0.05, 0.1) is 19.0 Å². The molecule has 0 N–H and O–H groups in total. The summed E-state index contributed by atoms with van der Waals surface area (Å²) in [5.41, 5.74) is 1.38. The zero-order valence-corrected chi connectivity index (χ0v) is 18.9. The van der Waals surface area contributed by atoms with Crippen molar-refractivity contribution in [3.63, 3.8) is 0 Å². The van der Waals surface area contributed by atoms with Gasteiger partial charge >= 0.3 is 0 Å². The molecular formula is C23H22ClFN6O2. The lowest BCUT2D eigenvalue weighted by Gasteiger charge is -2.24. The van der Waals surface area contributed by atoms with E-state index in [0.717, 1.165) is 5.70 Å². The maximum atomic E-state index is 15.1. The Morgan fingerprint density at radius 3 is 2.91 bits per heavy atom. The largest absolute Gasteiger partial charge is 0.491 e. The second kappa shape index (κ2) is 9.83. The van der Waals surface area contributed by atoms with E-state index >= 15 is 4.39 Å². The Hall–Kier alpha value is -3.72. The normalized spacial score (nSPS) is 16.2. The number of alkyl halides is 1. The predicted molar refractivity (Wildman–Crippen MR) is 125 cm³/mol. The van der Waals surface area contributed by atoms with Crippen molar-refractivity contribution >= 4 is 17.8 Å². The maximum absolute atomic E-state index is 15.1. The minimum absolute atomic E-state index is 0.0612. The van der Waals surface area contributed by atoms with Crippen LogP contribution in [0.5, 0.6) is 5.75 Å². The lowest BCUT2D eigenvalue weighted by atomic mass is 10.1. The molecule has 3 heterocycles. The highest BCUT2D eigenvalue weighted by atomic mass is 35.5. The molecule has 4 rings (SSSR count). The summed E-state index contributed by atoms with van der Waals surface area (Å²) in [5, 5.41) is 14.7. The van der Waals surface area contributed by atoms with E-state index in [2.05, 4.69) is 15.3 Å². The number of benzene rings is 1. The van der Waals surface area contributed by atoms with Gasteiger partial charge in [0.1, 0.15) is 17.4 Å². The molecule has 0 fully saturated rings. The van der Waals surface area contributed by atoms with Crippen molar-refractivity contribution in [2.75, 3.05) is 13.0 Å². The Morgan fingerprint density at radius 2 is 2.21 bits per heavy atom. The smallest absolute Gasteiger partial charge is 0.247 e. The van der Waals surface area contributed by atoms with Crippen LogP contribution in [-0.4, -0.2) is 43.8 Å². The fraction of sp³-hybridized carbons (Fsp3) is 0.217. The molecule has 1 aliphatic heterocycles. The van der Waals surface area contributed by atoms with Gasteiger partial charge in [0.15, 0.2) is 11.6 Å². The first-order valence-electron chi connectivity index (χ1n) is 10.2. The maximum Gasteiger partial charge on any atom is 0.247 e. The summed E-state index contributed by atoms with van der Waals surface area (Å²) in [5.74, 6) is -0.0661. The van der Waals surface area contributed by atoms with E-state index < -0.39 is 11.9 Å². The Kier molecular flexibility index (Phi) is 6.69. The predicted octanol–water partition coefficient (Wildman–Crippen LogP) is 4.00. The van der Waals surface area contributed by atoms with Crippen molar-refractivity contribution in [3.8, 4) is 17.1 Å². The zero-order chi connectivity index (χ0) is 23.4. The van der Waals surface area contributed by atoms with Crippen molar-refractivity contribution in [1.82, 2.24) is 24.6 Å². The van der Waals surface area contributed by atoms with E-state index in [1.165, 1.54) is 24.1 Å². The van der Waals surface area contributed by atoms with Gasteiger partial charge in [-0.2, -0.15) is 15.3 Å². The Balaban J connectivity index is 1.75. The van der Waals surface area contributed by atoms with Crippen LogP contribution >= 0.6 is 11.6 Å². The third-order valence-electron chi connectivity index (χ3n) is 5.15. The van der Waals surface area contributed by atoms with Crippen LogP contribution in [0.3, 0.4) is 0 Å². The molecule has 0 amide bonds. The van der Waals surface area contributed by atoms with E-state index in [1.807, 2.05) is 19.1 Å². The second-order valence-electron chi connectivity index (χ2n) is 7.23. The van der Waals surface area contributed by atoms with Crippen LogP contribution in [0, 0.1) is 5.82 Å². The van der Waals surface area contributed by atoms with Crippen LogP contribution in [0.15, 0.2) is 76.7 Å². The molecule has 0 spiro atoms. The number of halogens is 2. The van der Waals surface area contributed by atoms with Crippen LogP contribution in [-0.2, 0) is 0 Å². The lowest BCUT2D eigenvalue weighted by Crippen LogP contribution is -2.28.